The Morgan fingerprint density at radius 3 is 1.95 bits per heavy atom. The second kappa shape index (κ2) is 13.8. The van der Waals surface area contributed by atoms with E-state index in [-0.39, 0.29) is 21.1 Å². The van der Waals surface area contributed by atoms with Crippen LogP contribution in [0.15, 0.2) is 30.3 Å². The van der Waals surface area contributed by atoms with Gasteiger partial charge in [0.25, 0.3) is 0 Å². The van der Waals surface area contributed by atoms with Crippen molar-refractivity contribution in [2.24, 2.45) is 0 Å². The van der Waals surface area contributed by atoms with Crippen molar-refractivity contribution < 1.29 is 28.2 Å². The molecule has 0 unspecified atom stereocenters. The number of urea groups is 1. The number of thiophene rings is 2. The van der Waals surface area contributed by atoms with E-state index in [0.717, 1.165) is 33.9 Å². The fourth-order valence-electron chi connectivity index (χ4n) is 3.44. The molecule has 0 radical (unpaired) electrons. The molecule has 4 N–H and O–H groups in total. The van der Waals surface area contributed by atoms with E-state index in [9.17, 15) is 18.8 Å². The molecule has 2 amide bonds. The average Bonchev–Trinajstić information content (AvgIpc) is 3.59. The predicted molar refractivity (Wildman–Crippen MR) is 170 cm³/mol. The van der Waals surface area contributed by atoms with Gasteiger partial charge in [-0.2, -0.15) is 5.10 Å². The maximum Gasteiger partial charge on any atom is 0.349 e. The second-order valence-electron chi connectivity index (χ2n) is 10.0. The zero-order chi connectivity index (χ0) is 32.2. The number of rotatable bonds is 5. The van der Waals surface area contributed by atoms with Crippen molar-refractivity contribution >= 4 is 79.7 Å². The van der Waals surface area contributed by atoms with Crippen molar-refractivity contribution in [3.63, 3.8) is 0 Å². The second-order valence-corrected chi connectivity index (χ2v) is 12.9. The number of anilines is 3. The van der Waals surface area contributed by atoms with Crippen LogP contribution in [0.1, 0.15) is 56.9 Å². The van der Waals surface area contributed by atoms with Crippen molar-refractivity contribution in [1.29, 1.82) is 0 Å². The van der Waals surface area contributed by atoms with E-state index >= 15 is 0 Å². The van der Waals surface area contributed by atoms with E-state index in [4.69, 9.17) is 33.7 Å². The van der Waals surface area contributed by atoms with Crippen LogP contribution < -0.4 is 16.4 Å². The summed E-state index contributed by atoms with van der Waals surface area (Å²) in [4.78, 5) is 36.2. The van der Waals surface area contributed by atoms with Gasteiger partial charge >= 0.3 is 18.0 Å². The minimum absolute atomic E-state index is 0.211. The molecule has 3 heterocycles. The normalized spacial score (nSPS) is 10.9. The molecule has 4 rings (SSSR count). The molecule has 0 aliphatic heterocycles. The number of aromatic nitrogens is 2. The largest absolute Gasteiger partial charge is 0.465 e. The van der Waals surface area contributed by atoms with Gasteiger partial charge in [-0.25, -0.2) is 23.5 Å². The van der Waals surface area contributed by atoms with Crippen LogP contribution in [0.4, 0.5) is 25.0 Å². The number of nitrogen functional groups attached to an aromatic ring is 1. The van der Waals surface area contributed by atoms with Gasteiger partial charge in [0.1, 0.15) is 26.4 Å². The van der Waals surface area contributed by atoms with E-state index in [1.807, 2.05) is 20.8 Å². The van der Waals surface area contributed by atoms with E-state index in [1.165, 1.54) is 31.0 Å². The van der Waals surface area contributed by atoms with Gasteiger partial charge in [-0.15, -0.1) is 22.7 Å². The Morgan fingerprint density at radius 1 is 0.930 bits per heavy atom. The molecule has 0 saturated carbocycles. The molecule has 3 aromatic heterocycles. The van der Waals surface area contributed by atoms with Crippen LogP contribution in [0.2, 0.25) is 10.0 Å². The van der Waals surface area contributed by atoms with Gasteiger partial charge in [0.2, 0.25) is 0 Å². The van der Waals surface area contributed by atoms with Gasteiger partial charge in [-0.1, -0.05) is 44.0 Å². The molecule has 15 heteroatoms. The SMILES string of the molecule is COC(=O)c1sc(N)c(C)c1Cl.COC(=O)c1sc(NC(=O)Nc2cc(C(C)(C)C)nn2-c2ccc(F)cc2)c(C)c1Cl. The maximum atomic E-state index is 13.4. The number of carbonyl (C=O) groups excluding carboxylic acids is 3. The van der Waals surface area contributed by atoms with Crippen molar-refractivity contribution in [1.82, 2.24) is 9.78 Å². The number of nitrogens with one attached hydrogen (secondary N) is 2. The van der Waals surface area contributed by atoms with Crippen molar-refractivity contribution in [2.75, 3.05) is 30.6 Å². The lowest BCUT2D eigenvalue weighted by Crippen LogP contribution is -2.21. The molecular formula is C28H30Cl2FN5O5S2. The first-order chi connectivity index (χ1) is 20.1. The summed E-state index contributed by atoms with van der Waals surface area (Å²) in [6.07, 6.45) is 0. The van der Waals surface area contributed by atoms with Crippen LogP contribution in [0.3, 0.4) is 0 Å². The lowest BCUT2D eigenvalue weighted by atomic mass is 9.92. The number of amides is 2. The van der Waals surface area contributed by atoms with Gasteiger partial charge in [0.05, 0.1) is 40.6 Å². The summed E-state index contributed by atoms with van der Waals surface area (Å²) in [5.74, 6) is -0.978. The van der Waals surface area contributed by atoms with Crippen LogP contribution >= 0.6 is 45.9 Å². The highest BCUT2D eigenvalue weighted by Gasteiger charge is 2.24. The third-order valence-electron chi connectivity index (χ3n) is 5.94. The standard InChI is InChI=1S/C21H22ClFN4O3S.C7H8ClNO2S/c1-11-16(22)17(19(28)30-5)31-18(11)25-20(29)24-15-10-14(21(2,3)4)26-27(15)13-8-6-12(23)7-9-13;1-3-4(8)5(7(10)11-2)12-6(3)9/h6-10H,1-5H3,(H2,24,25,29);9H2,1-2H3. The molecule has 0 aliphatic carbocycles. The summed E-state index contributed by atoms with van der Waals surface area (Å²) >= 11 is 14.2. The summed E-state index contributed by atoms with van der Waals surface area (Å²) in [6, 6.07) is 7.01. The first-order valence-corrected chi connectivity index (χ1v) is 14.9. The number of esters is 2. The highest BCUT2D eigenvalue weighted by molar-refractivity contribution is 7.19. The van der Waals surface area contributed by atoms with Crippen LogP contribution in [0.25, 0.3) is 5.69 Å². The summed E-state index contributed by atoms with van der Waals surface area (Å²) in [5, 5.41) is 11.7. The monoisotopic (exact) mass is 669 g/mol. The Hall–Kier alpha value is -3.65. The first kappa shape index (κ1) is 33.8. The van der Waals surface area contributed by atoms with Crippen molar-refractivity contribution in [3.8, 4) is 5.69 Å². The number of hydrogen-bond acceptors (Lipinski definition) is 9. The highest BCUT2D eigenvalue weighted by atomic mass is 35.5. The smallest absolute Gasteiger partial charge is 0.349 e. The van der Waals surface area contributed by atoms with Gasteiger partial charge in [0, 0.05) is 22.6 Å². The Kier molecular flexibility index (Phi) is 10.8. The summed E-state index contributed by atoms with van der Waals surface area (Å²) in [6.45, 7) is 9.46. The van der Waals surface area contributed by atoms with E-state index in [0.29, 0.717) is 37.0 Å². The quantitative estimate of drug-likeness (QED) is 0.184. The van der Waals surface area contributed by atoms with Crippen LogP contribution in [0.5, 0.6) is 0 Å². The molecule has 0 spiro atoms. The van der Waals surface area contributed by atoms with Gasteiger partial charge in [0.15, 0.2) is 0 Å². The van der Waals surface area contributed by atoms with Gasteiger partial charge in [-0.3, -0.25) is 10.6 Å². The molecule has 43 heavy (non-hydrogen) atoms. The summed E-state index contributed by atoms with van der Waals surface area (Å²) in [5.41, 5.74) is 7.92. The van der Waals surface area contributed by atoms with Crippen LogP contribution in [0, 0.1) is 19.7 Å². The molecular weight excluding hydrogens is 640 g/mol. The molecule has 10 nitrogen and oxygen atoms in total. The molecule has 1 aromatic carbocycles. The third-order valence-corrected chi connectivity index (χ3v) is 9.40. The number of ether oxygens (including phenoxy) is 2. The summed E-state index contributed by atoms with van der Waals surface area (Å²) < 4.78 is 24.1. The number of hydrogen-bond donors (Lipinski definition) is 3. The van der Waals surface area contributed by atoms with E-state index in [2.05, 4.69) is 20.5 Å². The highest BCUT2D eigenvalue weighted by Crippen LogP contribution is 2.37. The molecule has 0 bridgehead atoms. The average molecular weight is 671 g/mol. The maximum absolute atomic E-state index is 13.4. The van der Waals surface area contributed by atoms with Gasteiger partial charge in [-0.05, 0) is 38.1 Å². The minimum Gasteiger partial charge on any atom is -0.465 e. The number of nitrogens with zero attached hydrogens (tertiary/aromatic N) is 2. The minimum atomic E-state index is -0.573. The molecule has 4 aromatic rings. The Morgan fingerprint density at radius 2 is 1.47 bits per heavy atom. The lowest BCUT2D eigenvalue weighted by molar-refractivity contribution is 0.0597. The third kappa shape index (κ3) is 7.85. The lowest BCUT2D eigenvalue weighted by Gasteiger charge is -2.14. The number of methoxy groups -OCH3 is 2. The van der Waals surface area contributed by atoms with Crippen molar-refractivity contribution in [3.05, 3.63) is 72.8 Å². The molecule has 0 fully saturated rings. The predicted octanol–water partition coefficient (Wildman–Crippen LogP) is 7.84. The Labute approximate surface area is 265 Å². The number of carbonyl (C=O) groups is 3. The Bertz CT molecular complexity index is 1660. The fourth-order valence-corrected chi connectivity index (χ4v) is 6.03. The fraction of sp³-hybridized carbons (Fsp3) is 0.286. The van der Waals surface area contributed by atoms with Crippen LogP contribution in [-0.2, 0) is 14.9 Å². The zero-order valence-corrected chi connectivity index (χ0v) is 27.5. The molecule has 230 valence electrons. The van der Waals surface area contributed by atoms with E-state index < -0.39 is 18.0 Å². The molecule has 0 saturated heterocycles. The summed E-state index contributed by atoms with van der Waals surface area (Å²) in [7, 11) is 2.57. The topological polar surface area (TPSA) is 138 Å². The molecule has 0 atom stereocenters. The van der Waals surface area contributed by atoms with Crippen molar-refractivity contribution in [2.45, 2.75) is 40.0 Å². The molecule has 0 aliphatic rings. The first-order valence-electron chi connectivity index (χ1n) is 12.5. The van der Waals surface area contributed by atoms with E-state index in [1.54, 1.807) is 32.0 Å². The Balaban J connectivity index is 0.000000353. The number of benzene rings is 1. The van der Waals surface area contributed by atoms with Crippen LogP contribution in [-0.4, -0.2) is 42.0 Å². The number of nitrogens with two attached hydrogens (primary N) is 1. The van der Waals surface area contributed by atoms with Gasteiger partial charge < -0.3 is 15.2 Å². The zero-order valence-electron chi connectivity index (χ0n) is 24.4. The number of halogens is 3.